The van der Waals surface area contributed by atoms with Crippen LogP contribution in [0.5, 0.6) is 0 Å². The Morgan fingerprint density at radius 3 is 2.47 bits per heavy atom. The molecule has 0 N–H and O–H groups in total. The van der Waals surface area contributed by atoms with E-state index in [1.54, 1.807) is 0 Å². The van der Waals surface area contributed by atoms with Gasteiger partial charge in [0.2, 0.25) is 0 Å². The zero-order valence-electron chi connectivity index (χ0n) is 10.2. The Labute approximate surface area is 93.6 Å². The normalized spacial score (nSPS) is 38.6. The highest BCUT2D eigenvalue weighted by atomic mass is 15.3. The Bertz CT molecular complexity index is 219. The third-order valence-electron chi connectivity index (χ3n) is 4.55. The molecule has 3 rings (SSSR count). The molecule has 2 unspecified atom stereocenters. The molecule has 0 radical (unpaired) electrons. The highest BCUT2D eigenvalue weighted by molar-refractivity contribution is 4.99. The van der Waals surface area contributed by atoms with Crippen molar-refractivity contribution in [1.82, 2.24) is 9.80 Å². The van der Waals surface area contributed by atoms with Gasteiger partial charge in [-0.3, -0.25) is 9.80 Å². The Morgan fingerprint density at radius 2 is 1.80 bits per heavy atom. The van der Waals surface area contributed by atoms with E-state index in [4.69, 9.17) is 0 Å². The third-order valence-corrected chi connectivity index (χ3v) is 4.55. The van der Waals surface area contributed by atoms with Gasteiger partial charge in [-0.1, -0.05) is 13.8 Å². The number of piperazine rings is 1. The van der Waals surface area contributed by atoms with Crippen molar-refractivity contribution < 1.29 is 0 Å². The van der Waals surface area contributed by atoms with Gasteiger partial charge in [0.25, 0.3) is 0 Å². The van der Waals surface area contributed by atoms with Gasteiger partial charge in [0.15, 0.2) is 0 Å². The molecule has 15 heavy (non-hydrogen) atoms. The first-order chi connectivity index (χ1) is 7.25. The average Bonchev–Trinajstić information content (AvgIpc) is 2.95. The van der Waals surface area contributed by atoms with Gasteiger partial charge in [0.1, 0.15) is 0 Å². The zero-order chi connectivity index (χ0) is 10.4. The van der Waals surface area contributed by atoms with Crippen molar-refractivity contribution in [2.24, 2.45) is 5.92 Å². The average molecular weight is 208 g/mol. The largest absolute Gasteiger partial charge is 0.298 e. The van der Waals surface area contributed by atoms with Crippen LogP contribution in [0.15, 0.2) is 0 Å². The fourth-order valence-electron chi connectivity index (χ4n) is 3.49. The van der Waals surface area contributed by atoms with E-state index in [0.717, 1.165) is 24.0 Å². The fourth-order valence-corrected chi connectivity index (χ4v) is 3.49. The SMILES string of the molecule is CC(C)C1CN2CCCC2CN1C1CC1. The number of hydrogen-bond donors (Lipinski definition) is 0. The van der Waals surface area contributed by atoms with E-state index < -0.39 is 0 Å². The van der Waals surface area contributed by atoms with Gasteiger partial charge in [-0.05, 0) is 38.1 Å². The summed E-state index contributed by atoms with van der Waals surface area (Å²) in [5.74, 6) is 0.826. The van der Waals surface area contributed by atoms with E-state index in [0.29, 0.717) is 0 Å². The Kier molecular flexibility index (Phi) is 2.52. The molecule has 0 bridgehead atoms. The first kappa shape index (κ1) is 10.1. The highest BCUT2D eigenvalue weighted by Crippen LogP contribution is 2.36. The summed E-state index contributed by atoms with van der Waals surface area (Å²) in [6, 6.07) is 2.70. The van der Waals surface area contributed by atoms with Crippen LogP contribution in [0.2, 0.25) is 0 Å². The standard InChI is InChI=1S/C13H24N2/c1-10(2)13-9-14-7-3-4-12(14)8-15(13)11-5-6-11/h10-13H,3-9H2,1-2H3. The van der Waals surface area contributed by atoms with Crippen molar-refractivity contribution in [3.05, 3.63) is 0 Å². The number of rotatable bonds is 2. The van der Waals surface area contributed by atoms with Gasteiger partial charge >= 0.3 is 0 Å². The molecule has 0 amide bonds. The molecule has 2 nitrogen and oxygen atoms in total. The van der Waals surface area contributed by atoms with Crippen molar-refractivity contribution in [3.63, 3.8) is 0 Å². The minimum Gasteiger partial charge on any atom is -0.298 e. The minimum atomic E-state index is 0.826. The van der Waals surface area contributed by atoms with Crippen LogP contribution < -0.4 is 0 Å². The van der Waals surface area contributed by atoms with Crippen molar-refractivity contribution in [2.75, 3.05) is 19.6 Å². The fraction of sp³-hybridized carbons (Fsp3) is 1.00. The molecule has 0 spiro atoms. The second-order valence-corrected chi connectivity index (χ2v) is 6.03. The van der Waals surface area contributed by atoms with Gasteiger partial charge in [0.05, 0.1) is 0 Å². The zero-order valence-corrected chi connectivity index (χ0v) is 10.2. The Balaban J connectivity index is 1.73. The number of hydrogen-bond acceptors (Lipinski definition) is 2. The lowest BCUT2D eigenvalue weighted by atomic mass is 9.97. The van der Waals surface area contributed by atoms with E-state index in [1.165, 1.54) is 45.3 Å². The lowest BCUT2D eigenvalue weighted by Gasteiger charge is -2.45. The molecule has 2 heteroatoms. The van der Waals surface area contributed by atoms with Crippen LogP contribution in [0.1, 0.15) is 39.5 Å². The van der Waals surface area contributed by atoms with Crippen LogP contribution in [0.3, 0.4) is 0 Å². The van der Waals surface area contributed by atoms with Crippen molar-refractivity contribution in [1.29, 1.82) is 0 Å². The quantitative estimate of drug-likeness (QED) is 0.684. The summed E-state index contributed by atoms with van der Waals surface area (Å²) >= 11 is 0. The Hall–Kier alpha value is -0.0800. The molecular weight excluding hydrogens is 184 g/mol. The summed E-state index contributed by atoms with van der Waals surface area (Å²) in [7, 11) is 0. The van der Waals surface area contributed by atoms with Crippen molar-refractivity contribution >= 4 is 0 Å². The van der Waals surface area contributed by atoms with Crippen molar-refractivity contribution in [2.45, 2.75) is 57.7 Å². The number of fused-ring (bicyclic) bond motifs is 1. The second kappa shape index (κ2) is 3.74. The molecular formula is C13H24N2. The molecule has 0 aromatic heterocycles. The lowest BCUT2D eigenvalue weighted by molar-refractivity contribution is 0.0237. The van der Waals surface area contributed by atoms with Crippen LogP contribution in [-0.2, 0) is 0 Å². The van der Waals surface area contributed by atoms with Gasteiger partial charge in [-0.25, -0.2) is 0 Å². The maximum absolute atomic E-state index is 2.84. The molecule has 3 fully saturated rings. The summed E-state index contributed by atoms with van der Waals surface area (Å²) in [4.78, 5) is 5.60. The first-order valence-electron chi connectivity index (χ1n) is 6.75. The highest BCUT2D eigenvalue weighted by Gasteiger charge is 2.43. The number of nitrogens with zero attached hydrogens (tertiary/aromatic N) is 2. The minimum absolute atomic E-state index is 0.826. The summed E-state index contributed by atoms with van der Waals surface area (Å²) in [6.45, 7) is 8.88. The van der Waals surface area contributed by atoms with E-state index >= 15 is 0 Å². The van der Waals surface area contributed by atoms with Crippen molar-refractivity contribution in [3.8, 4) is 0 Å². The van der Waals surface area contributed by atoms with Crippen LogP contribution in [0.4, 0.5) is 0 Å². The molecule has 0 aromatic carbocycles. The van der Waals surface area contributed by atoms with Gasteiger partial charge in [0, 0.05) is 31.2 Å². The van der Waals surface area contributed by atoms with E-state index in [-0.39, 0.29) is 0 Å². The molecule has 3 aliphatic rings. The van der Waals surface area contributed by atoms with Gasteiger partial charge in [-0.2, -0.15) is 0 Å². The van der Waals surface area contributed by atoms with Crippen LogP contribution in [-0.4, -0.2) is 47.6 Å². The van der Waals surface area contributed by atoms with Gasteiger partial charge in [-0.15, -0.1) is 0 Å². The van der Waals surface area contributed by atoms with E-state index in [9.17, 15) is 0 Å². The molecule has 0 aromatic rings. The lowest BCUT2D eigenvalue weighted by Crippen LogP contribution is -2.58. The first-order valence-corrected chi connectivity index (χ1v) is 6.75. The van der Waals surface area contributed by atoms with Crippen LogP contribution in [0, 0.1) is 5.92 Å². The second-order valence-electron chi connectivity index (χ2n) is 6.03. The molecule has 2 saturated heterocycles. The van der Waals surface area contributed by atoms with E-state index in [1.807, 2.05) is 0 Å². The summed E-state index contributed by atoms with van der Waals surface area (Å²) in [5, 5.41) is 0. The molecule has 2 atom stereocenters. The maximum Gasteiger partial charge on any atom is 0.0249 e. The predicted octanol–water partition coefficient (Wildman–Crippen LogP) is 1.95. The Morgan fingerprint density at radius 1 is 1.00 bits per heavy atom. The topological polar surface area (TPSA) is 6.48 Å². The molecule has 2 aliphatic heterocycles. The summed E-state index contributed by atoms with van der Waals surface area (Å²) in [5.41, 5.74) is 0. The third kappa shape index (κ3) is 1.83. The smallest absolute Gasteiger partial charge is 0.0249 e. The molecule has 1 saturated carbocycles. The summed E-state index contributed by atoms with van der Waals surface area (Å²) in [6.07, 6.45) is 5.83. The predicted molar refractivity (Wildman–Crippen MR) is 62.9 cm³/mol. The van der Waals surface area contributed by atoms with Crippen LogP contribution in [0.25, 0.3) is 0 Å². The van der Waals surface area contributed by atoms with Crippen LogP contribution >= 0.6 is 0 Å². The molecule has 86 valence electrons. The summed E-state index contributed by atoms with van der Waals surface area (Å²) < 4.78 is 0. The molecule has 1 aliphatic carbocycles. The van der Waals surface area contributed by atoms with E-state index in [2.05, 4.69) is 23.6 Å². The molecule has 2 heterocycles. The monoisotopic (exact) mass is 208 g/mol. The maximum atomic E-state index is 2.84. The van der Waals surface area contributed by atoms with Gasteiger partial charge < -0.3 is 0 Å².